The van der Waals surface area contributed by atoms with Crippen LogP contribution in [0.25, 0.3) is 0 Å². The van der Waals surface area contributed by atoms with Crippen LogP contribution in [-0.4, -0.2) is 18.5 Å². The van der Waals surface area contributed by atoms with E-state index in [1.54, 1.807) is 0 Å². The molecule has 1 aromatic rings. The van der Waals surface area contributed by atoms with Crippen molar-refractivity contribution < 1.29 is 13.6 Å². The highest BCUT2D eigenvalue weighted by molar-refractivity contribution is 5.85. The summed E-state index contributed by atoms with van der Waals surface area (Å²) >= 11 is 0. The van der Waals surface area contributed by atoms with Crippen LogP contribution in [0.1, 0.15) is 44.1 Å². The third-order valence-electron chi connectivity index (χ3n) is 4.45. The number of amides is 1. The number of nitrogens with two attached hydrogens (primary N) is 1. The van der Waals surface area contributed by atoms with Crippen molar-refractivity contribution in [3.63, 3.8) is 0 Å². The summed E-state index contributed by atoms with van der Waals surface area (Å²) in [5.41, 5.74) is 6.01. The lowest BCUT2D eigenvalue weighted by Crippen LogP contribution is -2.46. The number of nitrogens with one attached hydrogen (secondary N) is 1. The molecule has 0 radical (unpaired) electrons. The molecule has 1 aliphatic carbocycles. The summed E-state index contributed by atoms with van der Waals surface area (Å²) < 4.78 is 26.6. The van der Waals surface area contributed by atoms with E-state index in [9.17, 15) is 13.6 Å². The maximum Gasteiger partial charge on any atom is 0.220 e. The number of halogens is 3. The molecule has 130 valence electrons. The lowest BCUT2D eigenvalue weighted by atomic mass is 9.84. The van der Waals surface area contributed by atoms with Crippen LogP contribution in [0, 0.1) is 17.6 Å². The summed E-state index contributed by atoms with van der Waals surface area (Å²) in [6.07, 6.45) is 6.15. The Morgan fingerprint density at radius 2 is 1.96 bits per heavy atom. The van der Waals surface area contributed by atoms with Gasteiger partial charge in [0.2, 0.25) is 5.91 Å². The van der Waals surface area contributed by atoms with Gasteiger partial charge in [0.05, 0.1) is 0 Å². The maximum atomic E-state index is 13.5. The zero-order valence-electron chi connectivity index (χ0n) is 13.2. The van der Waals surface area contributed by atoms with Gasteiger partial charge in [0, 0.05) is 19.0 Å². The van der Waals surface area contributed by atoms with Gasteiger partial charge in [-0.1, -0.05) is 19.3 Å². The molecule has 0 saturated heterocycles. The van der Waals surface area contributed by atoms with E-state index in [2.05, 4.69) is 5.32 Å². The molecular weight excluding hydrogens is 322 g/mol. The van der Waals surface area contributed by atoms with Crippen LogP contribution in [0.15, 0.2) is 18.2 Å². The monoisotopic (exact) mass is 346 g/mol. The van der Waals surface area contributed by atoms with Gasteiger partial charge in [-0.05, 0) is 48.9 Å². The van der Waals surface area contributed by atoms with Gasteiger partial charge in [-0.15, -0.1) is 12.4 Å². The van der Waals surface area contributed by atoms with Crippen molar-refractivity contribution in [2.75, 3.05) is 6.54 Å². The summed E-state index contributed by atoms with van der Waals surface area (Å²) in [5.74, 6) is -0.672. The van der Waals surface area contributed by atoms with Crippen LogP contribution in [0.5, 0.6) is 0 Å². The van der Waals surface area contributed by atoms with Crippen molar-refractivity contribution in [3.8, 4) is 0 Å². The Morgan fingerprint density at radius 3 is 2.61 bits per heavy atom. The Bertz CT molecular complexity index is 507. The van der Waals surface area contributed by atoms with Crippen molar-refractivity contribution in [2.45, 2.75) is 51.0 Å². The molecule has 1 fully saturated rings. The minimum atomic E-state index is -0.487. The number of carbonyl (C=O) groups is 1. The predicted octanol–water partition coefficient (Wildman–Crippen LogP) is 3.34. The third-order valence-corrected chi connectivity index (χ3v) is 4.45. The fourth-order valence-electron chi connectivity index (χ4n) is 3.17. The molecule has 1 aromatic carbocycles. The molecule has 2 rings (SSSR count). The molecule has 1 saturated carbocycles. The molecule has 1 unspecified atom stereocenters. The highest BCUT2D eigenvalue weighted by atomic mass is 35.5. The number of hydrogen-bond donors (Lipinski definition) is 2. The average molecular weight is 347 g/mol. The van der Waals surface area contributed by atoms with Gasteiger partial charge < -0.3 is 11.1 Å². The van der Waals surface area contributed by atoms with Crippen molar-refractivity contribution in [1.29, 1.82) is 0 Å². The smallest absolute Gasteiger partial charge is 0.220 e. The van der Waals surface area contributed by atoms with E-state index >= 15 is 0 Å². The molecule has 0 bridgehead atoms. The Morgan fingerprint density at radius 1 is 1.26 bits per heavy atom. The summed E-state index contributed by atoms with van der Waals surface area (Å²) in [6, 6.07) is 3.30. The van der Waals surface area contributed by atoms with Crippen molar-refractivity contribution in [1.82, 2.24) is 5.32 Å². The second-order valence-electron chi connectivity index (χ2n) is 6.04. The van der Waals surface area contributed by atoms with Crippen molar-refractivity contribution in [2.24, 2.45) is 11.7 Å². The largest absolute Gasteiger partial charge is 0.352 e. The Kier molecular flexibility index (Phi) is 8.48. The number of aryl methyl sites for hydroxylation is 1. The molecule has 6 heteroatoms. The summed E-state index contributed by atoms with van der Waals surface area (Å²) in [7, 11) is 0. The molecule has 1 aliphatic rings. The molecule has 23 heavy (non-hydrogen) atoms. The summed E-state index contributed by atoms with van der Waals surface area (Å²) in [4.78, 5) is 12.0. The highest BCUT2D eigenvalue weighted by Gasteiger charge is 2.23. The van der Waals surface area contributed by atoms with Crippen LogP contribution in [0.2, 0.25) is 0 Å². The quantitative estimate of drug-likeness (QED) is 0.830. The molecule has 3 nitrogen and oxygen atoms in total. The van der Waals surface area contributed by atoms with Crippen molar-refractivity contribution in [3.05, 3.63) is 35.4 Å². The average Bonchev–Trinajstić information content (AvgIpc) is 2.54. The molecule has 1 atom stereocenters. The number of hydrogen-bond acceptors (Lipinski definition) is 2. The second-order valence-corrected chi connectivity index (χ2v) is 6.04. The zero-order valence-corrected chi connectivity index (χ0v) is 14.0. The van der Waals surface area contributed by atoms with Crippen LogP contribution >= 0.6 is 12.4 Å². The highest BCUT2D eigenvalue weighted by Crippen LogP contribution is 2.26. The van der Waals surface area contributed by atoms with Gasteiger partial charge in [0.1, 0.15) is 11.6 Å². The van der Waals surface area contributed by atoms with Gasteiger partial charge in [-0.25, -0.2) is 8.78 Å². The minimum Gasteiger partial charge on any atom is -0.352 e. The van der Waals surface area contributed by atoms with Crippen LogP contribution < -0.4 is 11.1 Å². The lowest BCUT2D eigenvalue weighted by molar-refractivity contribution is -0.122. The standard InChI is InChI=1S/C17H24F2N2O.ClH/c18-14-7-8-15(19)13(10-14)6-9-17(22)21-16(11-20)12-4-2-1-3-5-12;/h7-8,10,12,16H,1-6,9,11,20H2,(H,21,22);1H. The van der Waals surface area contributed by atoms with Crippen LogP contribution in [-0.2, 0) is 11.2 Å². The molecule has 0 spiro atoms. The SMILES string of the molecule is Cl.NCC(NC(=O)CCc1cc(F)ccc1F)C1CCCCC1. The third kappa shape index (κ3) is 6.07. The van der Waals surface area contributed by atoms with Crippen LogP contribution in [0.4, 0.5) is 8.78 Å². The van der Waals surface area contributed by atoms with Gasteiger partial charge in [0.15, 0.2) is 0 Å². The second kappa shape index (κ2) is 9.83. The maximum absolute atomic E-state index is 13.5. The molecule has 0 aromatic heterocycles. The first kappa shape index (κ1) is 19.8. The van der Waals surface area contributed by atoms with E-state index in [0.717, 1.165) is 31.0 Å². The molecule has 0 aliphatic heterocycles. The van der Waals surface area contributed by atoms with Crippen molar-refractivity contribution >= 4 is 18.3 Å². The molecule has 0 heterocycles. The molecule has 1 amide bonds. The van der Waals surface area contributed by atoms with Gasteiger partial charge >= 0.3 is 0 Å². The number of carbonyl (C=O) groups excluding carboxylic acids is 1. The topological polar surface area (TPSA) is 55.1 Å². The summed E-state index contributed by atoms with van der Waals surface area (Å²) in [6.45, 7) is 0.421. The number of benzene rings is 1. The van der Waals surface area contributed by atoms with E-state index in [-0.39, 0.29) is 42.8 Å². The molecule has 3 N–H and O–H groups in total. The predicted molar refractivity (Wildman–Crippen MR) is 89.5 cm³/mol. The Balaban J connectivity index is 0.00000264. The fraction of sp³-hybridized carbons (Fsp3) is 0.588. The van der Waals surface area contributed by atoms with E-state index in [0.29, 0.717) is 12.5 Å². The normalized spacial score (nSPS) is 16.5. The van der Waals surface area contributed by atoms with Gasteiger partial charge in [-0.3, -0.25) is 4.79 Å². The first-order valence-electron chi connectivity index (χ1n) is 8.03. The van der Waals surface area contributed by atoms with Crippen LogP contribution in [0.3, 0.4) is 0 Å². The zero-order chi connectivity index (χ0) is 15.9. The number of rotatable bonds is 6. The first-order chi connectivity index (χ1) is 10.6. The Labute approximate surface area is 142 Å². The van der Waals surface area contributed by atoms with E-state index in [4.69, 9.17) is 5.73 Å². The summed E-state index contributed by atoms with van der Waals surface area (Å²) in [5, 5.41) is 2.96. The minimum absolute atomic E-state index is 0. The van der Waals surface area contributed by atoms with E-state index in [1.165, 1.54) is 19.3 Å². The van der Waals surface area contributed by atoms with E-state index < -0.39 is 11.6 Å². The van der Waals surface area contributed by atoms with E-state index in [1.807, 2.05) is 0 Å². The lowest BCUT2D eigenvalue weighted by Gasteiger charge is -2.30. The Hall–Kier alpha value is -1.20. The fourth-order valence-corrected chi connectivity index (χ4v) is 3.17. The first-order valence-corrected chi connectivity index (χ1v) is 8.03. The van der Waals surface area contributed by atoms with Gasteiger partial charge in [0.25, 0.3) is 0 Å². The van der Waals surface area contributed by atoms with Gasteiger partial charge in [-0.2, -0.15) is 0 Å². The molecular formula is C17H25ClF2N2O.